The van der Waals surface area contributed by atoms with E-state index in [-0.39, 0.29) is 5.91 Å². The van der Waals surface area contributed by atoms with E-state index in [1.165, 1.54) is 0 Å². The van der Waals surface area contributed by atoms with Crippen molar-refractivity contribution < 1.29 is 4.79 Å². The number of nitrogens with zero attached hydrogens (tertiary/aromatic N) is 2. The van der Waals surface area contributed by atoms with E-state index in [2.05, 4.69) is 10.3 Å². The third-order valence-corrected chi connectivity index (χ3v) is 4.14. The van der Waals surface area contributed by atoms with E-state index in [0.29, 0.717) is 6.54 Å². The highest BCUT2D eigenvalue weighted by Gasteiger charge is 2.21. The van der Waals surface area contributed by atoms with Gasteiger partial charge >= 0.3 is 0 Å². The Hall–Kier alpha value is -2.36. The number of anilines is 1. The van der Waals surface area contributed by atoms with Gasteiger partial charge in [0.1, 0.15) is 0 Å². The topological polar surface area (TPSA) is 45.2 Å². The van der Waals surface area contributed by atoms with Gasteiger partial charge in [-0.05, 0) is 49.6 Å². The zero-order valence-electron chi connectivity index (χ0n) is 12.9. The second-order valence-corrected chi connectivity index (χ2v) is 5.65. The quantitative estimate of drug-likeness (QED) is 0.942. The maximum absolute atomic E-state index is 12.6. The lowest BCUT2D eigenvalue weighted by Gasteiger charge is -2.18. The van der Waals surface area contributed by atoms with Crippen LogP contribution in [-0.2, 0) is 6.54 Å². The number of nitrogens with one attached hydrogen (secondary N) is 1. The van der Waals surface area contributed by atoms with Gasteiger partial charge in [-0.1, -0.05) is 12.1 Å². The lowest BCUT2D eigenvalue weighted by molar-refractivity contribution is 0.0792. The van der Waals surface area contributed by atoms with Gasteiger partial charge in [0.05, 0.1) is 12.2 Å². The fraction of sp³-hybridized carbons (Fsp3) is 0.333. The summed E-state index contributed by atoms with van der Waals surface area (Å²) in [6.45, 7) is 4.42. The number of hydrogen-bond donors (Lipinski definition) is 1. The van der Waals surface area contributed by atoms with E-state index in [9.17, 15) is 4.79 Å². The van der Waals surface area contributed by atoms with Crippen molar-refractivity contribution in [3.8, 4) is 0 Å². The smallest absolute Gasteiger partial charge is 0.254 e. The lowest BCUT2D eigenvalue weighted by Crippen LogP contribution is -2.28. The summed E-state index contributed by atoms with van der Waals surface area (Å²) in [5.41, 5.74) is 3.79. The molecule has 2 aromatic rings. The molecule has 1 N–H and O–H groups in total. The average Bonchev–Trinajstić information content (AvgIpc) is 3.09. The van der Waals surface area contributed by atoms with E-state index in [0.717, 1.165) is 48.4 Å². The molecule has 1 aromatic heterocycles. The molecule has 1 aromatic carbocycles. The zero-order valence-corrected chi connectivity index (χ0v) is 12.9. The first-order chi connectivity index (χ1) is 10.8. The SMILES string of the molecule is Cc1c(NCc2ccccn2)cccc1C(=O)N1CCCC1. The van der Waals surface area contributed by atoms with Gasteiger partial charge in [-0.3, -0.25) is 9.78 Å². The molecule has 0 spiro atoms. The molecule has 0 unspecified atom stereocenters. The molecule has 22 heavy (non-hydrogen) atoms. The van der Waals surface area contributed by atoms with Crippen molar-refractivity contribution in [2.45, 2.75) is 26.3 Å². The fourth-order valence-corrected chi connectivity index (χ4v) is 2.84. The van der Waals surface area contributed by atoms with Crippen LogP contribution in [0.25, 0.3) is 0 Å². The minimum atomic E-state index is 0.150. The predicted octanol–water partition coefficient (Wildman–Crippen LogP) is 3.24. The third kappa shape index (κ3) is 3.11. The summed E-state index contributed by atoms with van der Waals surface area (Å²) in [4.78, 5) is 18.8. The lowest BCUT2D eigenvalue weighted by atomic mass is 10.1. The summed E-state index contributed by atoms with van der Waals surface area (Å²) in [5, 5.41) is 3.38. The Labute approximate surface area is 131 Å². The zero-order chi connectivity index (χ0) is 15.4. The maximum Gasteiger partial charge on any atom is 0.254 e. The third-order valence-electron chi connectivity index (χ3n) is 4.14. The number of likely N-dealkylation sites (tertiary alicyclic amines) is 1. The van der Waals surface area contributed by atoms with E-state index in [4.69, 9.17) is 0 Å². The summed E-state index contributed by atoms with van der Waals surface area (Å²) in [6.07, 6.45) is 4.02. The molecule has 0 aliphatic carbocycles. The highest BCUT2D eigenvalue weighted by atomic mass is 16.2. The van der Waals surface area contributed by atoms with Crippen LogP contribution in [0, 0.1) is 6.92 Å². The van der Waals surface area contributed by atoms with Crippen molar-refractivity contribution in [2.75, 3.05) is 18.4 Å². The first-order valence-electron chi connectivity index (χ1n) is 7.78. The van der Waals surface area contributed by atoms with E-state index in [1.54, 1.807) is 6.20 Å². The highest BCUT2D eigenvalue weighted by molar-refractivity contribution is 5.97. The fourth-order valence-electron chi connectivity index (χ4n) is 2.84. The Morgan fingerprint density at radius 1 is 1.18 bits per heavy atom. The maximum atomic E-state index is 12.6. The number of carbonyl (C=O) groups excluding carboxylic acids is 1. The molecule has 0 atom stereocenters. The van der Waals surface area contributed by atoms with Crippen LogP contribution >= 0.6 is 0 Å². The molecule has 0 radical (unpaired) electrons. The predicted molar refractivity (Wildman–Crippen MR) is 87.9 cm³/mol. The molecule has 1 aliphatic heterocycles. The second-order valence-electron chi connectivity index (χ2n) is 5.65. The highest BCUT2D eigenvalue weighted by Crippen LogP contribution is 2.22. The number of aromatic nitrogens is 1. The van der Waals surface area contributed by atoms with Gasteiger partial charge in [-0.2, -0.15) is 0 Å². The summed E-state index contributed by atoms with van der Waals surface area (Å²) >= 11 is 0. The van der Waals surface area contributed by atoms with Gasteiger partial charge in [-0.15, -0.1) is 0 Å². The molecule has 1 fully saturated rings. The van der Waals surface area contributed by atoms with Gasteiger partial charge in [0.15, 0.2) is 0 Å². The van der Waals surface area contributed by atoms with Crippen LogP contribution < -0.4 is 5.32 Å². The summed E-state index contributed by atoms with van der Waals surface area (Å²) in [6, 6.07) is 11.7. The molecule has 114 valence electrons. The molecule has 1 saturated heterocycles. The first-order valence-corrected chi connectivity index (χ1v) is 7.78. The molecular weight excluding hydrogens is 274 g/mol. The number of benzene rings is 1. The molecule has 4 heteroatoms. The van der Waals surface area contributed by atoms with Crippen LogP contribution in [-0.4, -0.2) is 28.9 Å². The Bertz CT molecular complexity index is 649. The van der Waals surface area contributed by atoms with Crippen LogP contribution in [0.15, 0.2) is 42.6 Å². The number of amides is 1. The van der Waals surface area contributed by atoms with Crippen molar-refractivity contribution in [3.05, 3.63) is 59.4 Å². The Morgan fingerprint density at radius 2 is 2.00 bits per heavy atom. The van der Waals surface area contributed by atoms with Gasteiger partial charge in [0.25, 0.3) is 5.91 Å². The molecule has 1 aliphatic rings. The van der Waals surface area contributed by atoms with Gasteiger partial charge in [0.2, 0.25) is 0 Å². The van der Waals surface area contributed by atoms with Crippen molar-refractivity contribution in [2.24, 2.45) is 0 Å². The molecule has 1 amide bonds. The molecule has 3 rings (SSSR count). The number of hydrogen-bond acceptors (Lipinski definition) is 3. The van der Waals surface area contributed by atoms with Crippen molar-refractivity contribution in [1.29, 1.82) is 0 Å². The summed E-state index contributed by atoms with van der Waals surface area (Å²) in [5.74, 6) is 0.150. The Morgan fingerprint density at radius 3 is 2.73 bits per heavy atom. The first kappa shape index (κ1) is 14.6. The van der Waals surface area contributed by atoms with E-state index >= 15 is 0 Å². The minimum absolute atomic E-state index is 0.150. The largest absolute Gasteiger partial charge is 0.379 e. The van der Waals surface area contributed by atoms with Crippen LogP contribution in [0.4, 0.5) is 5.69 Å². The van der Waals surface area contributed by atoms with Crippen LogP contribution in [0.1, 0.15) is 34.5 Å². The normalized spacial score (nSPS) is 14.1. The summed E-state index contributed by atoms with van der Waals surface area (Å²) in [7, 11) is 0. The second kappa shape index (κ2) is 6.60. The van der Waals surface area contributed by atoms with E-state index < -0.39 is 0 Å². The number of carbonyl (C=O) groups is 1. The molecule has 0 saturated carbocycles. The molecule has 2 heterocycles. The number of rotatable bonds is 4. The van der Waals surface area contributed by atoms with Crippen molar-refractivity contribution in [3.63, 3.8) is 0 Å². The van der Waals surface area contributed by atoms with Gasteiger partial charge < -0.3 is 10.2 Å². The minimum Gasteiger partial charge on any atom is -0.379 e. The Kier molecular flexibility index (Phi) is 4.37. The van der Waals surface area contributed by atoms with Crippen molar-refractivity contribution in [1.82, 2.24) is 9.88 Å². The molecule has 4 nitrogen and oxygen atoms in total. The van der Waals surface area contributed by atoms with Crippen LogP contribution in [0.5, 0.6) is 0 Å². The standard InChI is InChI=1S/C18H21N3O/c1-14-16(18(22)21-11-4-5-12-21)8-6-9-17(14)20-13-15-7-2-3-10-19-15/h2-3,6-10,20H,4-5,11-13H2,1H3. The van der Waals surface area contributed by atoms with Gasteiger partial charge in [0, 0.05) is 30.5 Å². The molecule has 0 bridgehead atoms. The van der Waals surface area contributed by atoms with Crippen LogP contribution in [0.2, 0.25) is 0 Å². The summed E-state index contributed by atoms with van der Waals surface area (Å²) < 4.78 is 0. The number of pyridine rings is 1. The van der Waals surface area contributed by atoms with Gasteiger partial charge in [-0.25, -0.2) is 0 Å². The average molecular weight is 295 g/mol. The Balaban J connectivity index is 1.75. The van der Waals surface area contributed by atoms with E-state index in [1.807, 2.05) is 48.2 Å². The molecular formula is C18H21N3O. The van der Waals surface area contributed by atoms with Crippen LogP contribution in [0.3, 0.4) is 0 Å². The monoisotopic (exact) mass is 295 g/mol. The van der Waals surface area contributed by atoms with Crippen molar-refractivity contribution >= 4 is 11.6 Å².